The Hall–Kier alpha value is -3.01. The SMILES string of the molecule is CN=C(NCc1cccnc1OCc1ccccc1)N1CCN(c2ccccc2O)CC1.I. The summed E-state index contributed by atoms with van der Waals surface area (Å²) in [5.41, 5.74) is 2.97. The van der Waals surface area contributed by atoms with E-state index in [2.05, 4.69) is 25.1 Å². The maximum Gasteiger partial charge on any atom is 0.218 e. The Balaban J connectivity index is 0.00000306. The van der Waals surface area contributed by atoms with Crippen molar-refractivity contribution in [3.8, 4) is 11.6 Å². The van der Waals surface area contributed by atoms with Crippen LogP contribution in [0.4, 0.5) is 5.69 Å². The molecule has 0 atom stereocenters. The molecule has 0 aliphatic carbocycles. The summed E-state index contributed by atoms with van der Waals surface area (Å²) in [5.74, 6) is 1.80. The van der Waals surface area contributed by atoms with E-state index < -0.39 is 0 Å². The van der Waals surface area contributed by atoms with Crippen LogP contribution in [-0.4, -0.2) is 54.2 Å². The highest BCUT2D eigenvalue weighted by Crippen LogP contribution is 2.27. The number of nitrogens with zero attached hydrogens (tertiary/aromatic N) is 4. The summed E-state index contributed by atoms with van der Waals surface area (Å²) in [6.45, 7) is 4.32. The Morgan fingerprint density at radius 2 is 1.73 bits per heavy atom. The minimum absolute atomic E-state index is 0. The molecule has 4 rings (SSSR count). The lowest BCUT2D eigenvalue weighted by Crippen LogP contribution is -2.52. The quantitative estimate of drug-likeness (QED) is 0.272. The van der Waals surface area contributed by atoms with Gasteiger partial charge in [-0.3, -0.25) is 4.99 Å². The van der Waals surface area contributed by atoms with Crippen LogP contribution in [0.3, 0.4) is 0 Å². The highest BCUT2D eigenvalue weighted by molar-refractivity contribution is 14.0. The Bertz CT molecular complexity index is 1040. The Kier molecular flexibility index (Phi) is 9.17. The van der Waals surface area contributed by atoms with Gasteiger partial charge < -0.3 is 25.0 Å². The van der Waals surface area contributed by atoms with Crippen LogP contribution < -0.4 is 15.0 Å². The van der Waals surface area contributed by atoms with Crippen molar-refractivity contribution in [1.82, 2.24) is 15.2 Å². The number of piperazine rings is 1. The summed E-state index contributed by atoms with van der Waals surface area (Å²) >= 11 is 0. The van der Waals surface area contributed by atoms with Crippen molar-refractivity contribution in [3.63, 3.8) is 0 Å². The molecule has 2 aromatic carbocycles. The van der Waals surface area contributed by atoms with Crippen LogP contribution in [0.1, 0.15) is 11.1 Å². The van der Waals surface area contributed by atoms with E-state index in [0.29, 0.717) is 24.8 Å². The summed E-state index contributed by atoms with van der Waals surface area (Å²) in [4.78, 5) is 13.3. The van der Waals surface area contributed by atoms with Crippen molar-refractivity contribution in [2.45, 2.75) is 13.2 Å². The van der Waals surface area contributed by atoms with Crippen LogP contribution in [0.2, 0.25) is 0 Å². The molecular weight excluding hydrogens is 529 g/mol. The molecule has 1 aliphatic rings. The van der Waals surface area contributed by atoms with E-state index in [-0.39, 0.29) is 24.0 Å². The van der Waals surface area contributed by atoms with Gasteiger partial charge in [-0.2, -0.15) is 0 Å². The average molecular weight is 559 g/mol. The third kappa shape index (κ3) is 6.50. The van der Waals surface area contributed by atoms with Crippen molar-refractivity contribution >= 4 is 35.6 Å². The fourth-order valence-electron chi connectivity index (χ4n) is 3.81. The zero-order chi connectivity index (χ0) is 22.2. The van der Waals surface area contributed by atoms with Crippen molar-refractivity contribution in [2.75, 3.05) is 38.1 Å². The first kappa shape index (κ1) is 24.6. The number of anilines is 1. The molecule has 3 aromatic rings. The van der Waals surface area contributed by atoms with Gasteiger partial charge >= 0.3 is 0 Å². The molecule has 1 aliphatic heterocycles. The topological polar surface area (TPSA) is 73.2 Å². The number of rotatable bonds is 6. The van der Waals surface area contributed by atoms with Crippen LogP contribution >= 0.6 is 24.0 Å². The number of benzene rings is 2. The van der Waals surface area contributed by atoms with E-state index >= 15 is 0 Å². The lowest BCUT2D eigenvalue weighted by Gasteiger charge is -2.37. The number of hydrogen-bond donors (Lipinski definition) is 2. The third-order valence-corrected chi connectivity index (χ3v) is 5.52. The normalized spacial score (nSPS) is 13.9. The summed E-state index contributed by atoms with van der Waals surface area (Å²) in [5, 5.41) is 13.6. The van der Waals surface area contributed by atoms with Gasteiger partial charge in [-0.15, -0.1) is 24.0 Å². The van der Waals surface area contributed by atoms with E-state index in [4.69, 9.17) is 4.74 Å². The molecule has 0 amide bonds. The van der Waals surface area contributed by atoms with E-state index in [1.54, 1.807) is 19.3 Å². The maximum atomic E-state index is 10.1. The van der Waals surface area contributed by atoms with Gasteiger partial charge in [0.2, 0.25) is 5.88 Å². The lowest BCUT2D eigenvalue weighted by molar-refractivity contribution is 0.290. The van der Waals surface area contributed by atoms with Gasteiger partial charge in [-0.05, 0) is 23.8 Å². The van der Waals surface area contributed by atoms with E-state index in [0.717, 1.165) is 49.0 Å². The second kappa shape index (κ2) is 12.3. The van der Waals surface area contributed by atoms with Crippen LogP contribution in [0.5, 0.6) is 11.6 Å². The molecule has 0 saturated carbocycles. The van der Waals surface area contributed by atoms with Gasteiger partial charge in [-0.1, -0.05) is 48.5 Å². The van der Waals surface area contributed by atoms with Crippen molar-refractivity contribution < 1.29 is 9.84 Å². The standard InChI is InChI=1S/C25H29N5O2.HI/c1-26-25(30-16-14-29(15-17-30)22-11-5-6-12-23(22)31)28-18-21-10-7-13-27-24(21)32-19-20-8-3-2-4-9-20;/h2-13,31H,14-19H2,1H3,(H,26,28);1H. The molecule has 7 nitrogen and oxygen atoms in total. The summed E-state index contributed by atoms with van der Waals surface area (Å²) in [6.07, 6.45) is 1.75. The van der Waals surface area contributed by atoms with Crippen LogP contribution in [0, 0.1) is 0 Å². The first-order valence-corrected chi connectivity index (χ1v) is 10.8. The summed E-state index contributed by atoms with van der Waals surface area (Å²) in [6, 6.07) is 21.5. The van der Waals surface area contributed by atoms with Crippen LogP contribution in [0.15, 0.2) is 77.9 Å². The van der Waals surface area contributed by atoms with E-state index in [9.17, 15) is 5.11 Å². The second-order valence-corrected chi connectivity index (χ2v) is 7.61. The fraction of sp³-hybridized carbons (Fsp3) is 0.280. The largest absolute Gasteiger partial charge is 0.506 e. The molecule has 174 valence electrons. The van der Waals surface area contributed by atoms with Gasteiger partial charge in [0, 0.05) is 51.5 Å². The molecule has 0 radical (unpaired) electrons. The molecule has 8 heteroatoms. The molecule has 2 heterocycles. The number of guanidine groups is 1. The minimum Gasteiger partial charge on any atom is -0.506 e. The smallest absolute Gasteiger partial charge is 0.218 e. The molecule has 1 saturated heterocycles. The summed E-state index contributed by atoms with van der Waals surface area (Å²) in [7, 11) is 1.80. The number of aliphatic imine (C=N–C) groups is 1. The minimum atomic E-state index is 0. The van der Waals surface area contributed by atoms with Crippen LogP contribution in [0.25, 0.3) is 0 Å². The first-order valence-electron chi connectivity index (χ1n) is 10.8. The number of para-hydroxylation sites is 2. The zero-order valence-electron chi connectivity index (χ0n) is 18.7. The third-order valence-electron chi connectivity index (χ3n) is 5.52. The molecule has 1 fully saturated rings. The monoisotopic (exact) mass is 559 g/mol. The number of phenolic OH excluding ortho intramolecular Hbond substituents is 1. The Morgan fingerprint density at radius 3 is 2.45 bits per heavy atom. The molecule has 33 heavy (non-hydrogen) atoms. The number of halogens is 1. The highest BCUT2D eigenvalue weighted by Gasteiger charge is 2.21. The van der Waals surface area contributed by atoms with Gasteiger partial charge in [0.05, 0.1) is 5.69 Å². The Morgan fingerprint density at radius 1 is 1.00 bits per heavy atom. The lowest BCUT2D eigenvalue weighted by atomic mass is 10.2. The zero-order valence-corrected chi connectivity index (χ0v) is 21.1. The first-order chi connectivity index (χ1) is 15.7. The highest BCUT2D eigenvalue weighted by atomic mass is 127. The number of hydrogen-bond acceptors (Lipinski definition) is 5. The number of ether oxygens (including phenoxy) is 1. The molecule has 2 N–H and O–H groups in total. The number of pyridine rings is 1. The average Bonchev–Trinajstić information content (AvgIpc) is 2.85. The van der Waals surface area contributed by atoms with E-state index in [1.807, 2.05) is 60.7 Å². The van der Waals surface area contributed by atoms with Crippen molar-refractivity contribution in [1.29, 1.82) is 0 Å². The summed E-state index contributed by atoms with van der Waals surface area (Å²) < 4.78 is 5.97. The van der Waals surface area contributed by atoms with Crippen molar-refractivity contribution in [2.24, 2.45) is 4.99 Å². The van der Waals surface area contributed by atoms with Gasteiger partial charge in [0.1, 0.15) is 12.4 Å². The number of nitrogens with one attached hydrogen (secondary N) is 1. The number of phenols is 1. The van der Waals surface area contributed by atoms with Gasteiger partial charge in [0.25, 0.3) is 0 Å². The van der Waals surface area contributed by atoms with E-state index in [1.165, 1.54) is 0 Å². The molecule has 0 unspecified atom stereocenters. The molecular formula is C25H30IN5O2. The second-order valence-electron chi connectivity index (χ2n) is 7.61. The number of aromatic hydroxyl groups is 1. The molecule has 0 spiro atoms. The predicted molar refractivity (Wildman–Crippen MR) is 143 cm³/mol. The predicted octanol–water partition coefficient (Wildman–Crippen LogP) is 3.88. The van der Waals surface area contributed by atoms with Crippen LogP contribution in [-0.2, 0) is 13.2 Å². The van der Waals surface area contributed by atoms with Gasteiger partial charge in [-0.25, -0.2) is 4.98 Å². The molecule has 1 aromatic heterocycles. The molecule has 0 bridgehead atoms. The number of aromatic nitrogens is 1. The Labute approximate surface area is 212 Å². The van der Waals surface area contributed by atoms with Crippen molar-refractivity contribution in [3.05, 3.63) is 84.1 Å². The fourth-order valence-corrected chi connectivity index (χ4v) is 3.81. The maximum absolute atomic E-state index is 10.1. The van der Waals surface area contributed by atoms with Gasteiger partial charge in [0.15, 0.2) is 5.96 Å².